The first-order valence-electron chi connectivity index (χ1n) is 13.1. The van der Waals surface area contributed by atoms with Gasteiger partial charge in [-0.3, -0.25) is 10.1 Å². The predicted octanol–water partition coefficient (Wildman–Crippen LogP) is 6.33. The number of hydrogen-bond acceptors (Lipinski definition) is 5. The number of ether oxygens (including phenoxy) is 2. The molecule has 0 aromatic heterocycles. The number of hydrogen-bond donors (Lipinski definition) is 2. The van der Waals surface area contributed by atoms with Crippen LogP contribution in [0.2, 0.25) is 0 Å². The number of thioether (sulfide) groups is 1. The average molecular weight is 513 g/mol. The molecule has 3 aromatic rings. The van der Waals surface area contributed by atoms with E-state index in [1.165, 1.54) is 16.9 Å². The molecule has 1 fully saturated rings. The van der Waals surface area contributed by atoms with Crippen LogP contribution in [-0.4, -0.2) is 11.3 Å². The van der Waals surface area contributed by atoms with Crippen LogP contribution in [0.4, 0.5) is 0 Å². The first-order chi connectivity index (χ1) is 18.1. The van der Waals surface area contributed by atoms with Gasteiger partial charge in [0.05, 0.1) is 11.3 Å². The molecule has 2 aliphatic heterocycles. The van der Waals surface area contributed by atoms with Crippen molar-refractivity contribution in [2.24, 2.45) is 11.8 Å². The topological polar surface area (TPSA) is 59.6 Å². The third-order valence-electron chi connectivity index (χ3n) is 7.42. The summed E-state index contributed by atoms with van der Waals surface area (Å²) in [6.45, 7) is 3.20. The molecule has 5 nitrogen and oxygen atoms in total. The maximum atomic E-state index is 13.3. The van der Waals surface area contributed by atoms with E-state index in [1.807, 2.05) is 90.6 Å². The average Bonchev–Trinajstić information content (AvgIpc) is 3.30. The van der Waals surface area contributed by atoms with Crippen molar-refractivity contribution in [1.29, 1.82) is 0 Å². The van der Waals surface area contributed by atoms with E-state index in [9.17, 15) is 4.79 Å². The van der Waals surface area contributed by atoms with E-state index < -0.39 is 0 Å². The highest BCUT2D eigenvalue weighted by atomic mass is 32.2. The zero-order chi connectivity index (χ0) is 25.2. The van der Waals surface area contributed by atoms with E-state index in [1.54, 1.807) is 0 Å². The molecule has 6 heteroatoms. The van der Waals surface area contributed by atoms with Gasteiger partial charge in [-0.15, -0.1) is 11.8 Å². The molecule has 1 amide bonds. The van der Waals surface area contributed by atoms with E-state index in [2.05, 4.69) is 17.6 Å². The van der Waals surface area contributed by atoms with Crippen LogP contribution < -0.4 is 20.1 Å². The standard InChI is InChI=1S/C31H32N2O3S/c1-20-12-14-24-27(16-20)37-31-28(24)30(34)32-29(33-31)23-13-15-25(35-18-21-8-4-2-5-9-21)26(17-23)36-19-22-10-6-3-7-11-22/h2-11,13,15,17,20,28-29,31,33H,12,14,16,18-19H2,1H3,(H,32,34). The number of benzene rings is 3. The lowest BCUT2D eigenvalue weighted by molar-refractivity contribution is -0.127. The van der Waals surface area contributed by atoms with Crippen molar-refractivity contribution in [3.63, 3.8) is 0 Å². The first-order valence-corrected chi connectivity index (χ1v) is 13.9. The van der Waals surface area contributed by atoms with Crippen molar-refractivity contribution in [2.45, 2.75) is 50.9 Å². The zero-order valence-electron chi connectivity index (χ0n) is 21.0. The second kappa shape index (κ2) is 10.6. The number of fused-ring (bicyclic) bond motifs is 2. The molecule has 0 saturated carbocycles. The zero-order valence-corrected chi connectivity index (χ0v) is 21.8. The van der Waals surface area contributed by atoms with Gasteiger partial charge in [0.2, 0.25) is 5.91 Å². The maximum Gasteiger partial charge on any atom is 0.231 e. The van der Waals surface area contributed by atoms with Crippen LogP contribution in [0.5, 0.6) is 11.5 Å². The molecule has 4 unspecified atom stereocenters. The molecule has 1 saturated heterocycles. The van der Waals surface area contributed by atoms with Crippen LogP contribution >= 0.6 is 11.8 Å². The Morgan fingerprint density at radius 2 is 1.57 bits per heavy atom. The first kappa shape index (κ1) is 24.1. The normalized spacial score (nSPS) is 24.7. The highest BCUT2D eigenvalue weighted by molar-refractivity contribution is 8.04. The monoisotopic (exact) mass is 512 g/mol. The number of allylic oxidation sites excluding steroid dienone is 1. The minimum Gasteiger partial charge on any atom is -0.485 e. The SMILES string of the molecule is CC1CCC2=C(C1)SC1NC(c3ccc(OCc4ccccc4)c(OCc4ccccc4)c3)NC(=O)C21. The smallest absolute Gasteiger partial charge is 0.231 e. The number of carbonyl (C=O) groups excluding carboxylic acids is 1. The minimum absolute atomic E-state index is 0.0639. The fourth-order valence-corrected chi connectivity index (χ4v) is 7.09. The summed E-state index contributed by atoms with van der Waals surface area (Å²) in [5.41, 5.74) is 4.49. The van der Waals surface area contributed by atoms with Crippen LogP contribution in [0.1, 0.15) is 49.0 Å². The predicted molar refractivity (Wildman–Crippen MR) is 147 cm³/mol. The molecule has 0 radical (unpaired) electrons. The molecule has 3 aliphatic rings. The van der Waals surface area contributed by atoms with E-state index in [0.29, 0.717) is 30.6 Å². The highest BCUT2D eigenvalue weighted by Gasteiger charge is 2.46. The lowest BCUT2D eigenvalue weighted by atomic mass is 9.83. The van der Waals surface area contributed by atoms with Crippen molar-refractivity contribution >= 4 is 17.7 Å². The third kappa shape index (κ3) is 5.27. The quantitative estimate of drug-likeness (QED) is 0.388. The van der Waals surface area contributed by atoms with Crippen LogP contribution in [0.3, 0.4) is 0 Å². The number of amides is 1. The summed E-state index contributed by atoms with van der Waals surface area (Å²) in [6.07, 6.45) is 3.03. The van der Waals surface area contributed by atoms with E-state index in [4.69, 9.17) is 9.47 Å². The second-order valence-corrected chi connectivity index (χ2v) is 11.4. The number of carbonyl (C=O) groups is 1. The Kier molecular flexibility index (Phi) is 6.94. The largest absolute Gasteiger partial charge is 0.485 e. The Labute approximate surface area is 222 Å². The van der Waals surface area contributed by atoms with Crippen LogP contribution in [0.15, 0.2) is 89.3 Å². The maximum absolute atomic E-state index is 13.3. The van der Waals surface area contributed by atoms with Gasteiger partial charge in [-0.2, -0.15) is 0 Å². The second-order valence-electron chi connectivity index (χ2n) is 10.2. The molecule has 1 aliphatic carbocycles. The molecule has 190 valence electrons. The molecular formula is C31H32N2O3S. The summed E-state index contributed by atoms with van der Waals surface area (Å²) in [6, 6.07) is 26.2. The summed E-state index contributed by atoms with van der Waals surface area (Å²) < 4.78 is 12.4. The Morgan fingerprint density at radius 1 is 0.892 bits per heavy atom. The minimum atomic E-state index is -0.276. The van der Waals surface area contributed by atoms with E-state index >= 15 is 0 Å². The Bertz CT molecular complexity index is 1290. The van der Waals surface area contributed by atoms with Crippen LogP contribution in [0.25, 0.3) is 0 Å². The van der Waals surface area contributed by atoms with Gasteiger partial charge in [-0.25, -0.2) is 0 Å². The lowest BCUT2D eigenvalue weighted by Crippen LogP contribution is -2.54. The van der Waals surface area contributed by atoms with Crippen molar-refractivity contribution in [3.05, 3.63) is 106 Å². The highest BCUT2D eigenvalue weighted by Crippen LogP contribution is 2.51. The summed E-state index contributed by atoms with van der Waals surface area (Å²) in [5.74, 6) is 2.10. The van der Waals surface area contributed by atoms with E-state index in [-0.39, 0.29) is 23.4 Å². The summed E-state index contributed by atoms with van der Waals surface area (Å²) in [7, 11) is 0. The number of rotatable bonds is 7. The molecule has 0 bridgehead atoms. The van der Waals surface area contributed by atoms with Gasteiger partial charge in [-0.1, -0.05) is 73.7 Å². The van der Waals surface area contributed by atoms with Gasteiger partial charge < -0.3 is 14.8 Å². The van der Waals surface area contributed by atoms with Gasteiger partial charge in [-0.05, 0) is 64.5 Å². The van der Waals surface area contributed by atoms with Gasteiger partial charge >= 0.3 is 0 Å². The van der Waals surface area contributed by atoms with Crippen molar-refractivity contribution in [1.82, 2.24) is 10.6 Å². The third-order valence-corrected chi connectivity index (χ3v) is 8.80. The summed E-state index contributed by atoms with van der Waals surface area (Å²) in [4.78, 5) is 14.7. The summed E-state index contributed by atoms with van der Waals surface area (Å²) >= 11 is 1.86. The van der Waals surface area contributed by atoms with Crippen LogP contribution in [0, 0.1) is 11.8 Å². The molecular weight excluding hydrogens is 480 g/mol. The van der Waals surface area contributed by atoms with Crippen LogP contribution in [-0.2, 0) is 18.0 Å². The van der Waals surface area contributed by atoms with Crippen molar-refractivity contribution in [2.75, 3.05) is 0 Å². The van der Waals surface area contributed by atoms with Crippen molar-refractivity contribution < 1.29 is 14.3 Å². The van der Waals surface area contributed by atoms with Gasteiger partial charge in [0.25, 0.3) is 0 Å². The molecule has 6 rings (SSSR count). The lowest BCUT2D eigenvalue weighted by Gasteiger charge is -2.35. The van der Waals surface area contributed by atoms with Gasteiger partial charge in [0.1, 0.15) is 19.4 Å². The molecule has 2 heterocycles. The number of nitrogens with one attached hydrogen (secondary N) is 2. The fraction of sp³-hybridized carbons (Fsp3) is 0.323. The van der Waals surface area contributed by atoms with Gasteiger partial charge in [0, 0.05) is 0 Å². The van der Waals surface area contributed by atoms with Crippen molar-refractivity contribution in [3.8, 4) is 11.5 Å². The molecule has 0 spiro atoms. The molecule has 3 aromatic carbocycles. The molecule has 37 heavy (non-hydrogen) atoms. The molecule has 2 N–H and O–H groups in total. The summed E-state index contributed by atoms with van der Waals surface area (Å²) in [5, 5.41) is 7.02. The Balaban J connectivity index is 1.22. The van der Waals surface area contributed by atoms with E-state index in [0.717, 1.165) is 29.5 Å². The molecule has 4 atom stereocenters. The fourth-order valence-electron chi connectivity index (χ4n) is 5.40. The van der Waals surface area contributed by atoms with Gasteiger partial charge in [0.15, 0.2) is 11.5 Å². The Morgan fingerprint density at radius 3 is 2.27 bits per heavy atom. The Hall–Kier alpha value is -3.22.